The van der Waals surface area contributed by atoms with Gasteiger partial charge >= 0.3 is 0 Å². The van der Waals surface area contributed by atoms with Crippen molar-refractivity contribution >= 4 is 49.9 Å². The molecule has 0 bridgehead atoms. The molecule has 0 unspecified atom stereocenters. The van der Waals surface area contributed by atoms with Gasteiger partial charge in [-0.1, -0.05) is 48.0 Å². The van der Waals surface area contributed by atoms with Crippen molar-refractivity contribution in [2.24, 2.45) is 0 Å². The molecule has 0 aliphatic rings. The van der Waals surface area contributed by atoms with Crippen LogP contribution in [0, 0.1) is 10.5 Å². The van der Waals surface area contributed by atoms with E-state index in [-0.39, 0.29) is 0 Å². The number of benzene rings is 3. The van der Waals surface area contributed by atoms with Crippen molar-refractivity contribution in [3.05, 3.63) is 75.9 Å². The fourth-order valence-corrected chi connectivity index (χ4v) is 3.95. The molecule has 0 aliphatic carbocycles. The number of hydrogen-bond donors (Lipinski definition) is 0. The number of fused-ring (bicyclic) bond motifs is 6. The summed E-state index contributed by atoms with van der Waals surface area (Å²) in [4.78, 5) is 0. The van der Waals surface area contributed by atoms with Gasteiger partial charge in [-0.05, 0) is 59.2 Å². The zero-order valence-electron chi connectivity index (χ0n) is 13.6. The normalized spacial score (nSPS) is 11.6. The summed E-state index contributed by atoms with van der Waals surface area (Å²) in [7, 11) is 0. The zero-order chi connectivity index (χ0) is 17.0. The summed E-state index contributed by atoms with van der Waals surface area (Å²) >= 11 is 2.37. The van der Waals surface area contributed by atoms with Gasteiger partial charge in [0.2, 0.25) is 0 Å². The van der Waals surface area contributed by atoms with E-state index < -0.39 is 0 Å². The SMILES string of the molecule is Cc1ccc2c3cc(I)ccc3n3c(-c4ccccc4)nnc3c2c1. The summed E-state index contributed by atoms with van der Waals surface area (Å²) in [6.45, 7) is 2.11. The van der Waals surface area contributed by atoms with E-state index in [4.69, 9.17) is 0 Å². The van der Waals surface area contributed by atoms with Crippen LogP contribution in [0.1, 0.15) is 5.56 Å². The van der Waals surface area contributed by atoms with E-state index in [0.29, 0.717) is 0 Å². The molecule has 25 heavy (non-hydrogen) atoms. The van der Waals surface area contributed by atoms with Gasteiger partial charge in [-0.25, -0.2) is 0 Å². The van der Waals surface area contributed by atoms with Crippen LogP contribution in [0.2, 0.25) is 0 Å². The fraction of sp³-hybridized carbons (Fsp3) is 0.0476. The predicted octanol–water partition coefficient (Wildman–Crippen LogP) is 5.62. The molecule has 3 aromatic carbocycles. The Labute approximate surface area is 158 Å². The van der Waals surface area contributed by atoms with Crippen LogP contribution in [-0.2, 0) is 0 Å². The molecule has 5 aromatic rings. The summed E-state index contributed by atoms with van der Waals surface area (Å²) in [5.74, 6) is 0.880. The Morgan fingerprint density at radius 1 is 0.800 bits per heavy atom. The van der Waals surface area contributed by atoms with Crippen LogP contribution in [0.25, 0.3) is 38.7 Å². The van der Waals surface area contributed by atoms with Crippen molar-refractivity contribution in [1.82, 2.24) is 14.6 Å². The second kappa shape index (κ2) is 5.52. The van der Waals surface area contributed by atoms with Crippen LogP contribution in [0.4, 0.5) is 0 Å². The number of pyridine rings is 1. The van der Waals surface area contributed by atoms with E-state index in [1.165, 1.54) is 19.9 Å². The van der Waals surface area contributed by atoms with Gasteiger partial charge in [-0.3, -0.25) is 4.40 Å². The van der Waals surface area contributed by atoms with Crippen molar-refractivity contribution in [2.45, 2.75) is 6.92 Å². The topological polar surface area (TPSA) is 30.2 Å². The summed E-state index contributed by atoms with van der Waals surface area (Å²) in [5.41, 5.74) is 4.34. The maximum absolute atomic E-state index is 4.55. The van der Waals surface area contributed by atoms with Crippen LogP contribution in [0.3, 0.4) is 0 Å². The molecule has 4 heteroatoms. The highest BCUT2D eigenvalue weighted by Gasteiger charge is 2.15. The average Bonchev–Trinajstić information content (AvgIpc) is 3.08. The molecule has 2 aromatic heterocycles. The second-order valence-corrected chi connectivity index (χ2v) is 7.50. The van der Waals surface area contributed by atoms with Gasteiger partial charge in [0, 0.05) is 19.9 Å². The van der Waals surface area contributed by atoms with Crippen LogP contribution < -0.4 is 0 Å². The molecule has 0 radical (unpaired) electrons. The lowest BCUT2D eigenvalue weighted by Crippen LogP contribution is -1.95. The highest BCUT2D eigenvalue weighted by atomic mass is 127. The van der Waals surface area contributed by atoms with Crippen molar-refractivity contribution in [3.8, 4) is 11.4 Å². The van der Waals surface area contributed by atoms with Gasteiger partial charge in [0.15, 0.2) is 11.5 Å². The monoisotopic (exact) mass is 435 g/mol. The predicted molar refractivity (Wildman–Crippen MR) is 111 cm³/mol. The molecular formula is C21H14IN3. The summed E-state index contributed by atoms with van der Waals surface area (Å²) in [6, 6.07) is 23.3. The van der Waals surface area contributed by atoms with Crippen LogP contribution in [-0.4, -0.2) is 14.6 Å². The Kier molecular flexibility index (Phi) is 3.28. The molecule has 0 spiro atoms. The lowest BCUT2D eigenvalue weighted by Gasteiger charge is -2.10. The largest absolute Gasteiger partial charge is 0.274 e. The molecule has 0 aliphatic heterocycles. The number of aromatic nitrogens is 3. The molecule has 0 saturated carbocycles. The molecule has 120 valence electrons. The van der Waals surface area contributed by atoms with Gasteiger partial charge in [0.05, 0.1) is 5.52 Å². The first-order chi connectivity index (χ1) is 12.2. The van der Waals surface area contributed by atoms with E-state index in [1.807, 2.05) is 18.2 Å². The summed E-state index contributed by atoms with van der Waals surface area (Å²) in [5, 5.41) is 12.7. The molecule has 0 fully saturated rings. The van der Waals surface area contributed by atoms with Gasteiger partial charge in [0.1, 0.15) is 0 Å². The first-order valence-electron chi connectivity index (χ1n) is 8.14. The minimum Gasteiger partial charge on any atom is -0.274 e. The minimum absolute atomic E-state index is 0.880. The standard InChI is InChI=1S/C21H14IN3/c1-13-7-9-16-17-12-15(22)8-10-19(17)25-20(14-5-3-2-4-6-14)23-24-21(25)18(16)11-13/h2-12H,1H3. The molecule has 0 atom stereocenters. The van der Waals surface area contributed by atoms with E-state index in [1.54, 1.807) is 0 Å². The third kappa shape index (κ3) is 2.24. The van der Waals surface area contributed by atoms with Gasteiger partial charge in [-0.15, -0.1) is 10.2 Å². The van der Waals surface area contributed by atoms with Crippen molar-refractivity contribution in [3.63, 3.8) is 0 Å². The number of hydrogen-bond acceptors (Lipinski definition) is 2. The van der Waals surface area contributed by atoms with Crippen molar-refractivity contribution < 1.29 is 0 Å². The smallest absolute Gasteiger partial charge is 0.169 e. The van der Waals surface area contributed by atoms with E-state index in [9.17, 15) is 0 Å². The molecule has 0 amide bonds. The lowest BCUT2D eigenvalue weighted by molar-refractivity contribution is 1.12. The zero-order valence-corrected chi connectivity index (χ0v) is 15.7. The summed E-state index contributed by atoms with van der Waals surface area (Å²) < 4.78 is 3.41. The highest BCUT2D eigenvalue weighted by molar-refractivity contribution is 14.1. The third-order valence-electron chi connectivity index (χ3n) is 4.60. The minimum atomic E-state index is 0.880. The highest BCUT2D eigenvalue weighted by Crippen LogP contribution is 2.33. The van der Waals surface area contributed by atoms with Crippen LogP contribution in [0.5, 0.6) is 0 Å². The number of nitrogens with zero attached hydrogens (tertiary/aromatic N) is 3. The summed E-state index contributed by atoms with van der Waals surface area (Å²) in [6.07, 6.45) is 0. The van der Waals surface area contributed by atoms with E-state index in [0.717, 1.165) is 27.9 Å². The Balaban J connectivity index is 2.05. The maximum atomic E-state index is 4.55. The number of rotatable bonds is 1. The maximum Gasteiger partial charge on any atom is 0.169 e. The molecule has 3 nitrogen and oxygen atoms in total. The molecule has 0 saturated heterocycles. The number of aryl methyl sites for hydroxylation is 1. The molecule has 5 rings (SSSR count). The van der Waals surface area contributed by atoms with Gasteiger partial charge in [-0.2, -0.15) is 0 Å². The molecule has 0 N–H and O–H groups in total. The van der Waals surface area contributed by atoms with E-state index >= 15 is 0 Å². The van der Waals surface area contributed by atoms with Crippen molar-refractivity contribution in [2.75, 3.05) is 0 Å². The van der Waals surface area contributed by atoms with Crippen LogP contribution in [0.15, 0.2) is 66.7 Å². The van der Waals surface area contributed by atoms with Gasteiger partial charge in [0.25, 0.3) is 0 Å². The quantitative estimate of drug-likeness (QED) is 0.253. The average molecular weight is 435 g/mol. The third-order valence-corrected chi connectivity index (χ3v) is 5.27. The van der Waals surface area contributed by atoms with Gasteiger partial charge < -0.3 is 0 Å². The Hall–Kier alpha value is -2.47. The Morgan fingerprint density at radius 2 is 1.64 bits per heavy atom. The van der Waals surface area contributed by atoms with Crippen LogP contribution >= 0.6 is 22.6 Å². The first-order valence-corrected chi connectivity index (χ1v) is 9.22. The molecule has 2 heterocycles. The Morgan fingerprint density at radius 3 is 2.48 bits per heavy atom. The van der Waals surface area contributed by atoms with Crippen molar-refractivity contribution in [1.29, 1.82) is 0 Å². The lowest BCUT2D eigenvalue weighted by atomic mass is 10.0. The Bertz CT molecular complexity index is 1260. The second-order valence-electron chi connectivity index (χ2n) is 6.26. The first kappa shape index (κ1) is 14.8. The fourth-order valence-electron chi connectivity index (χ4n) is 3.46. The molecular weight excluding hydrogens is 421 g/mol. The van der Waals surface area contributed by atoms with E-state index in [2.05, 4.69) is 92.6 Å². The number of halogens is 1.